The quantitative estimate of drug-likeness (QED) is 0.464. The van der Waals surface area contributed by atoms with Gasteiger partial charge in [0.1, 0.15) is 0 Å². The van der Waals surface area contributed by atoms with Gasteiger partial charge in [0.25, 0.3) is 0 Å². The second kappa shape index (κ2) is 7.10. The van der Waals surface area contributed by atoms with Crippen molar-refractivity contribution in [1.29, 1.82) is 0 Å². The van der Waals surface area contributed by atoms with E-state index in [0.29, 0.717) is 0 Å². The van der Waals surface area contributed by atoms with Crippen molar-refractivity contribution in [3.63, 3.8) is 0 Å². The molecule has 9 nitrogen and oxygen atoms in total. The summed E-state index contributed by atoms with van der Waals surface area (Å²) >= 11 is -11.5. The van der Waals surface area contributed by atoms with Crippen LogP contribution in [0.2, 0.25) is 0 Å². The molecule has 74 valence electrons. The monoisotopic (exact) mass is 262 g/mol. The SMILES string of the molecule is O.O.[H-].[Li+].[O]=[Cr](=[O])([OH])[O][Cr](=[O])(=[O])[OH]. The maximum absolute atomic E-state index is 9.53. The molecule has 0 aliphatic rings. The van der Waals surface area contributed by atoms with Gasteiger partial charge in [-0.2, -0.15) is 0 Å². The van der Waals surface area contributed by atoms with Gasteiger partial charge in [0.05, 0.1) is 0 Å². The Bertz CT molecular complexity index is 243. The summed E-state index contributed by atoms with van der Waals surface area (Å²) in [6.07, 6.45) is 0. The van der Waals surface area contributed by atoms with Gasteiger partial charge in [-0.1, -0.05) is 0 Å². The van der Waals surface area contributed by atoms with Crippen molar-refractivity contribution < 1.29 is 84.8 Å². The van der Waals surface area contributed by atoms with Crippen LogP contribution in [0, 0.1) is 0 Å². The first kappa shape index (κ1) is 23.0. The number of hydrogen-bond donors (Lipinski definition) is 2. The molecule has 0 spiro atoms. The third-order valence-corrected chi connectivity index (χ3v) is 2.92. The van der Waals surface area contributed by atoms with E-state index in [4.69, 9.17) is 8.32 Å². The molecule has 0 unspecified atom stereocenters. The standard InChI is InChI=1S/2Cr.Li.4H2O.5O.H/h;;;4*1H2;;;;;;/q3*+1;;;;;;;;;;-1/p-2. The van der Waals surface area contributed by atoms with Crippen molar-refractivity contribution in [3.05, 3.63) is 0 Å². The normalized spacial score (nSPS) is 10.2. The van der Waals surface area contributed by atoms with Gasteiger partial charge in [-0.15, -0.1) is 0 Å². The van der Waals surface area contributed by atoms with Crippen LogP contribution in [0.4, 0.5) is 0 Å². The molecule has 0 aliphatic heterocycles. The second-order valence-corrected chi connectivity index (χ2v) is 4.68. The average molecular weight is 262 g/mol. The zero-order valence-corrected chi connectivity index (χ0v) is 8.30. The summed E-state index contributed by atoms with van der Waals surface area (Å²) in [4.78, 5) is 0. The molecule has 0 bridgehead atoms. The summed E-state index contributed by atoms with van der Waals surface area (Å²) in [5.41, 5.74) is 0. The third kappa shape index (κ3) is 22.4. The Labute approximate surface area is 84.8 Å². The molecule has 0 aromatic heterocycles. The van der Waals surface area contributed by atoms with Gasteiger partial charge in [0.2, 0.25) is 0 Å². The summed E-state index contributed by atoms with van der Waals surface area (Å²) in [6.45, 7) is 0. The van der Waals surface area contributed by atoms with Crippen LogP contribution in [0.1, 0.15) is 1.43 Å². The van der Waals surface area contributed by atoms with E-state index in [0.717, 1.165) is 0 Å². The van der Waals surface area contributed by atoms with Crippen LogP contribution in [0.15, 0.2) is 0 Å². The Balaban J connectivity index is -0.0000000533. The van der Waals surface area contributed by atoms with Crippen molar-refractivity contribution in [2.75, 3.05) is 0 Å². The molecule has 12 heteroatoms. The van der Waals surface area contributed by atoms with Gasteiger partial charge < -0.3 is 12.4 Å². The Morgan fingerprint density at radius 1 is 0.917 bits per heavy atom. The van der Waals surface area contributed by atoms with E-state index in [2.05, 4.69) is 2.84 Å². The molecule has 0 rings (SSSR count). The first-order valence-electron chi connectivity index (χ1n) is 1.37. The predicted octanol–water partition coefficient (Wildman–Crippen LogP) is -6.20. The predicted molar refractivity (Wildman–Crippen MR) is 16.6 cm³/mol. The van der Waals surface area contributed by atoms with E-state index in [1.54, 1.807) is 0 Å². The van der Waals surface area contributed by atoms with E-state index in [1.165, 1.54) is 0 Å². The maximum atomic E-state index is 9.53. The first-order valence-corrected chi connectivity index (χ1v) is 5.63. The van der Waals surface area contributed by atoms with Crippen LogP contribution >= 0.6 is 0 Å². The number of rotatable bonds is 2. The fourth-order valence-electron chi connectivity index (χ4n) is 0.109. The Morgan fingerprint density at radius 2 is 1.08 bits per heavy atom. The molecule has 0 atom stereocenters. The summed E-state index contributed by atoms with van der Waals surface area (Å²) in [7, 11) is 0. The molecule has 0 radical (unpaired) electrons. The van der Waals surface area contributed by atoms with E-state index in [-0.39, 0.29) is 31.2 Å². The van der Waals surface area contributed by atoms with Crippen LogP contribution in [0.3, 0.4) is 0 Å². The van der Waals surface area contributed by atoms with Crippen LogP contribution in [0.5, 0.6) is 0 Å². The minimum atomic E-state index is -5.76. The Morgan fingerprint density at radius 3 is 1.08 bits per heavy atom. The van der Waals surface area contributed by atoms with Gasteiger partial charge in [0.15, 0.2) is 0 Å². The van der Waals surface area contributed by atoms with Crippen LogP contribution in [0.25, 0.3) is 0 Å². The van der Waals surface area contributed by atoms with Crippen LogP contribution in [-0.2, 0) is 45.3 Å². The van der Waals surface area contributed by atoms with Gasteiger partial charge in [-0.25, -0.2) is 0 Å². The molecule has 0 amide bonds. The molecule has 0 aromatic rings. The topological polar surface area (TPSA) is 181 Å². The zero-order chi connectivity index (χ0) is 7.71. The molecule has 0 saturated carbocycles. The molecule has 0 aliphatic carbocycles. The van der Waals surface area contributed by atoms with E-state index in [1.807, 2.05) is 0 Å². The van der Waals surface area contributed by atoms with Gasteiger partial charge in [0, 0.05) is 0 Å². The van der Waals surface area contributed by atoms with Gasteiger partial charge in [-0.05, 0) is 0 Å². The van der Waals surface area contributed by atoms with Crippen molar-refractivity contribution in [1.82, 2.24) is 0 Å². The summed E-state index contributed by atoms with van der Waals surface area (Å²) in [5.74, 6) is 0. The molecule has 0 saturated heterocycles. The fraction of sp³-hybridized carbons (Fsp3) is 0. The Kier molecular flexibility index (Phi) is 13.6. The molecule has 12 heavy (non-hydrogen) atoms. The number of hydrogen-bond acceptors (Lipinski definition) is 5. The summed E-state index contributed by atoms with van der Waals surface area (Å²) < 4.78 is 56.3. The fourth-order valence-corrected chi connectivity index (χ4v) is 1.85. The molecule has 0 aromatic carbocycles. The van der Waals surface area contributed by atoms with Crippen LogP contribution < -0.4 is 18.9 Å². The Hall–Kier alpha value is 0.662. The van der Waals surface area contributed by atoms with Crippen molar-refractivity contribution >= 4 is 0 Å². The zero-order valence-electron chi connectivity index (χ0n) is 6.75. The minimum absolute atomic E-state index is 0. The van der Waals surface area contributed by atoms with Gasteiger partial charge >= 0.3 is 72.5 Å². The third-order valence-electron chi connectivity index (χ3n) is 0.172. The summed E-state index contributed by atoms with van der Waals surface area (Å²) in [6, 6.07) is 0. The van der Waals surface area contributed by atoms with Crippen molar-refractivity contribution in [3.8, 4) is 0 Å². The van der Waals surface area contributed by atoms with Crippen molar-refractivity contribution in [2.24, 2.45) is 0 Å². The first-order chi connectivity index (χ1) is 3.71. The molecule has 0 heterocycles. The molecular weight excluding hydrogens is 255 g/mol. The van der Waals surface area contributed by atoms with Gasteiger partial charge in [-0.3, -0.25) is 0 Å². The van der Waals surface area contributed by atoms with E-state index in [9.17, 15) is 15.2 Å². The van der Waals surface area contributed by atoms with Crippen LogP contribution in [-0.4, -0.2) is 19.3 Å². The molecule has 0 fully saturated rings. The molecular formula is H7Cr2LiO9. The second-order valence-electron chi connectivity index (χ2n) is 0.924. The van der Waals surface area contributed by atoms with E-state index >= 15 is 0 Å². The van der Waals surface area contributed by atoms with Crippen molar-refractivity contribution in [2.45, 2.75) is 0 Å². The average Bonchev–Trinajstić information content (AvgIpc) is 1.14. The summed E-state index contributed by atoms with van der Waals surface area (Å²) in [5, 5.41) is 0. The van der Waals surface area contributed by atoms with E-state index < -0.39 is 27.2 Å². The molecule has 6 N–H and O–H groups in total.